The van der Waals surface area contributed by atoms with Gasteiger partial charge in [-0.3, -0.25) is 14.4 Å². The molecule has 0 heterocycles. The first-order chi connectivity index (χ1) is 33.5. The van der Waals surface area contributed by atoms with Crippen LogP contribution in [0.3, 0.4) is 0 Å². The zero-order valence-corrected chi connectivity index (χ0v) is 46.2. The van der Waals surface area contributed by atoms with Gasteiger partial charge in [-0.1, -0.05) is 296 Å². The fourth-order valence-corrected chi connectivity index (χ4v) is 9.38. The van der Waals surface area contributed by atoms with Crippen molar-refractivity contribution in [2.24, 2.45) is 0 Å². The monoisotopic (exact) mass is 959 g/mol. The van der Waals surface area contributed by atoms with E-state index in [2.05, 4.69) is 32.9 Å². The van der Waals surface area contributed by atoms with E-state index in [-0.39, 0.29) is 31.1 Å². The number of allylic oxidation sites excluding steroid dienone is 2. The maximum absolute atomic E-state index is 12.9. The Hall–Kier alpha value is -1.85. The summed E-state index contributed by atoms with van der Waals surface area (Å²) >= 11 is 0. The molecule has 1 atom stereocenters. The summed E-state index contributed by atoms with van der Waals surface area (Å²) in [5, 5.41) is 0. The predicted octanol–water partition coefficient (Wildman–Crippen LogP) is 20.5. The normalized spacial score (nSPS) is 12.0. The number of carbonyl (C=O) groups excluding carboxylic acids is 3. The van der Waals surface area contributed by atoms with Crippen molar-refractivity contribution in [2.75, 3.05) is 13.2 Å². The van der Waals surface area contributed by atoms with Gasteiger partial charge in [0, 0.05) is 19.3 Å². The summed E-state index contributed by atoms with van der Waals surface area (Å²) in [6.07, 6.45) is 66.4. The number of hydrogen-bond acceptors (Lipinski definition) is 6. The molecule has 0 rings (SSSR count). The van der Waals surface area contributed by atoms with Crippen LogP contribution in [0.2, 0.25) is 0 Å². The SMILES string of the molecule is CCCCCC/C=C\CCCCCCCC(=O)OCC(COC(=O)CCCCCCCCCCCCCCCCCCCCCC)OC(=O)CCCCCCCCCCCCCCCCCCC. The largest absolute Gasteiger partial charge is 0.462 e. The van der Waals surface area contributed by atoms with Gasteiger partial charge in [0.05, 0.1) is 0 Å². The summed E-state index contributed by atoms with van der Waals surface area (Å²) in [6, 6.07) is 0. The zero-order valence-electron chi connectivity index (χ0n) is 46.2. The van der Waals surface area contributed by atoms with Gasteiger partial charge in [-0.25, -0.2) is 0 Å². The van der Waals surface area contributed by atoms with Crippen molar-refractivity contribution >= 4 is 17.9 Å². The van der Waals surface area contributed by atoms with Crippen LogP contribution in [0.5, 0.6) is 0 Å². The molecule has 0 radical (unpaired) electrons. The lowest BCUT2D eigenvalue weighted by Gasteiger charge is -2.18. The molecule has 0 aliphatic rings. The van der Waals surface area contributed by atoms with Gasteiger partial charge in [-0.15, -0.1) is 0 Å². The van der Waals surface area contributed by atoms with E-state index in [0.717, 1.165) is 64.2 Å². The molecule has 6 nitrogen and oxygen atoms in total. The van der Waals surface area contributed by atoms with Crippen LogP contribution < -0.4 is 0 Å². The third-order valence-electron chi connectivity index (χ3n) is 14.0. The maximum Gasteiger partial charge on any atom is 0.306 e. The highest BCUT2D eigenvalue weighted by Crippen LogP contribution is 2.18. The number of esters is 3. The van der Waals surface area contributed by atoms with Crippen LogP contribution in [0.15, 0.2) is 12.2 Å². The Labute approximate surface area is 424 Å². The molecule has 0 saturated heterocycles. The Morgan fingerprint density at radius 2 is 0.485 bits per heavy atom. The van der Waals surface area contributed by atoms with Crippen LogP contribution >= 0.6 is 0 Å². The number of carbonyl (C=O) groups is 3. The summed E-state index contributed by atoms with van der Waals surface area (Å²) in [4.78, 5) is 38.2. The van der Waals surface area contributed by atoms with Gasteiger partial charge in [-0.2, -0.15) is 0 Å². The van der Waals surface area contributed by atoms with Crippen molar-refractivity contribution in [1.29, 1.82) is 0 Å². The van der Waals surface area contributed by atoms with Crippen LogP contribution in [-0.4, -0.2) is 37.2 Å². The van der Waals surface area contributed by atoms with Gasteiger partial charge >= 0.3 is 17.9 Å². The second-order valence-corrected chi connectivity index (χ2v) is 21.0. The lowest BCUT2D eigenvalue weighted by atomic mass is 10.0. The quantitative estimate of drug-likeness (QED) is 0.0262. The van der Waals surface area contributed by atoms with Crippen molar-refractivity contribution in [3.05, 3.63) is 12.2 Å². The van der Waals surface area contributed by atoms with Crippen LogP contribution in [0.4, 0.5) is 0 Å². The smallest absolute Gasteiger partial charge is 0.306 e. The third kappa shape index (κ3) is 55.1. The van der Waals surface area contributed by atoms with Gasteiger partial charge in [0.15, 0.2) is 6.10 Å². The van der Waals surface area contributed by atoms with Gasteiger partial charge in [0.25, 0.3) is 0 Å². The average Bonchev–Trinajstić information content (AvgIpc) is 3.34. The Morgan fingerprint density at radius 1 is 0.279 bits per heavy atom. The van der Waals surface area contributed by atoms with E-state index in [1.165, 1.54) is 244 Å². The summed E-state index contributed by atoms with van der Waals surface area (Å²) < 4.78 is 16.9. The second kappa shape index (κ2) is 57.7. The Bertz CT molecular complexity index is 1060. The Morgan fingerprint density at radius 3 is 0.750 bits per heavy atom. The van der Waals surface area contributed by atoms with E-state index in [0.29, 0.717) is 19.3 Å². The Kier molecular flexibility index (Phi) is 56.2. The summed E-state index contributed by atoms with van der Waals surface area (Å²) in [7, 11) is 0. The molecule has 0 spiro atoms. The maximum atomic E-state index is 12.9. The van der Waals surface area contributed by atoms with E-state index in [1.807, 2.05) is 0 Å². The Balaban J connectivity index is 4.27. The van der Waals surface area contributed by atoms with Gasteiger partial charge in [-0.05, 0) is 44.9 Å². The van der Waals surface area contributed by atoms with Crippen molar-refractivity contribution in [1.82, 2.24) is 0 Å². The van der Waals surface area contributed by atoms with Crippen LogP contribution in [0, 0.1) is 0 Å². The first-order valence-corrected chi connectivity index (χ1v) is 30.7. The molecule has 0 fully saturated rings. The molecule has 6 heteroatoms. The lowest BCUT2D eigenvalue weighted by Crippen LogP contribution is -2.30. The molecule has 0 N–H and O–H groups in total. The van der Waals surface area contributed by atoms with E-state index >= 15 is 0 Å². The van der Waals surface area contributed by atoms with Crippen molar-refractivity contribution < 1.29 is 28.6 Å². The van der Waals surface area contributed by atoms with Gasteiger partial charge in [0.2, 0.25) is 0 Å². The highest BCUT2D eigenvalue weighted by atomic mass is 16.6. The van der Waals surface area contributed by atoms with Gasteiger partial charge in [0.1, 0.15) is 13.2 Å². The number of hydrogen-bond donors (Lipinski definition) is 0. The minimum atomic E-state index is -0.768. The summed E-state index contributed by atoms with van der Waals surface area (Å²) in [5.74, 6) is -0.847. The molecule has 0 aliphatic carbocycles. The van der Waals surface area contributed by atoms with Crippen molar-refractivity contribution in [3.8, 4) is 0 Å². The molecule has 402 valence electrons. The molecule has 0 aromatic heterocycles. The topological polar surface area (TPSA) is 78.9 Å². The van der Waals surface area contributed by atoms with Gasteiger partial charge < -0.3 is 14.2 Å². The van der Waals surface area contributed by atoms with E-state index < -0.39 is 6.10 Å². The number of unbranched alkanes of at least 4 members (excludes halogenated alkanes) is 44. The fraction of sp³-hybridized carbons (Fsp3) is 0.919. The molecule has 0 aliphatic heterocycles. The minimum Gasteiger partial charge on any atom is -0.462 e. The highest BCUT2D eigenvalue weighted by Gasteiger charge is 2.19. The lowest BCUT2D eigenvalue weighted by molar-refractivity contribution is -0.167. The highest BCUT2D eigenvalue weighted by molar-refractivity contribution is 5.71. The van der Waals surface area contributed by atoms with Crippen molar-refractivity contribution in [2.45, 2.75) is 354 Å². The molecular formula is C62H118O6. The molecule has 0 saturated carbocycles. The summed E-state index contributed by atoms with van der Waals surface area (Å²) in [5.41, 5.74) is 0. The zero-order chi connectivity index (χ0) is 49.3. The molecule has 0 amide bonds. The molecule has 68 heavy (non-hydrogen) atoms. The molecule has 0 aromatic carbocycles. The molecule has 0 bridgehead atoms. The minimum absolute atomic E-state index is 0.0662. The molecular weight excluding hydrogens is 841 g/mol. The average molecular weight is 960 g/mol. The van der Waals surface area contributed by atoms with E-state index in [9.17, 15) is 14.4 Å². The number of ether oxygens (including phenoxy) is 3. The first kappa shape index (κ1) is 66.2. The predicted molar refractivity (Wildman–Crippen MR) is 293 cm³/mol. The first-order valence-electron chi connectivity index (χ1n) is 30.7. The standard InChI is InChI=1S/C62H118O6/c1-4-7-10-13-16-19-22-25-27-29-30-31-33-34-37-40-43-46-49-52-55-61(64)67-58-59(57-66-60(63)54-51-48-45-42-39-36-24-21-18-15-12-9-6-3)68-62(65)56-53-50-47-44-41-38-35-32-28-26-23-20-17-14-11-8-5-2/h21,24,59H,4-20,22-23,25-58H2,1-3H3/b24-21-. The molecule has 1 unspecified atom stereocenters. The third-order valence-corrected chi connectivity index (χ3v) is 14.0. The van der Waals surface area contributed by atoms with E-state index in [4.69, 9.17) is 14.2 Å². The van der Waals surface area contributed by atoms with Crippen LogP contribution in [-0.2, 0) is 28.6 Å². The fourth-order valence-electron chi connectivity index (χ4n) is 9.38. The number of rotatable bonds is 57. The molecule has 0 aromatic rings. The van der Waals surface area contributed by atoms with Crippen LogP contribution in [0.25, 0.3) is 0 Å². The van der Waals surface area contributed by atoms with Crippen molar-refractivity contribution in [3.63, 3.8) is 0 Å². The van der Waals surface area contributed by atoms with E-state index in [1.54, 1.807) is 0 Å². The summed E-state index contributed by atoms with van der Waals surface area (Å²) in [6.45, 7) is 6.69. The van der Waals surface area contributed by atoms with Crippen LogP contribution in [0.1, 0.15) is 348 Å². The second-order valence-electron chi connectivity index (χ2n) is 21.0.